The van der Waals surface area contributed by atoms with Crippen molar-refractivity contribution in [1.29, 1.82) is 0 Å². The highest BCUT2D eigenvalue weighted by atomic mass is 15.1. The van der Waals surface area contributed by atoms with Gasteiger partial charge in [-0.25, -0.2) is 0 Å². The maximum atomic E-state index is 2.40. The van der Waals surface area contributed by atoms with Crippen LogP contribution in [0.1, 0.15) is 13.8 Å². The van der Waals surface area contributed by atoms with Gasteiger partial charge in [0.25, 0.3) is 0 Å². The molecule has 1 nitrogen and oxygen atoms in total. The summed E-state index contributed by atoms with van der Waals surface area (Å²) in [4.78, 5) is 2.37. The molecule has 0 aromatic heterocycles. The molecule has 0 heterocycles. The summed E-state index contributed by atoms with van der Waals surface area (Å²) in [5.74, 6) is 0. The Hall–Kier alpha value is -5.40. The number of benzene rings is 6. The van der Waals surface area contributed by atoms with Gasteiger partial charge in [0.2, 0.25) is 0 Å². The summed E-state index contributed by atoms with van der Waals surface area (Å²) >= 11 is 0. The highest BCUT2D eigenvalue weighted by Crippen LogP contribution is 2.57. The van der Waals surface area contributed by atoms with Crippen molar-refractivity contribution in [2.45, 2.75) is 13.8 Å². The maximum Gasteiger partial charge on any atom is 0.0468 e. The van der Waals surface area contributed by atoms with Gasteiger partial charge in [-0.3, -0.25) is 0 Å². The van der Waals surface area contributed by atoms with E-state index in [1.807, 2.05) is 0 Å². The molecule has 2 aliphatic carbocycles. The van der Waals surface area contributed by atoms with Crippen LogP contribution in [0.25, 0.3) is 66.8 Å². The van der Waals surface area contributed by atoms with Crippen molar-refractivity contribution in [2.75, 3.05) is 4.90 Å². The van der Waals surface area contributed by atoms with Gasteiger partial charge in [0.15, 0.2) is 0 Å². The molecule has 1 heteroatoms. The van der Waals surface area contributed by atoms with Crippen LogP contribution in [0.3, 0.4) is 0 Å². The Balaban J connectivity index is 1.36. The van der Waals surface area contributed by atoms with E-state index in [0.29, 0.717) is 0 Å². The summed E-state index contributed by atoms with van der Waals surface area (Å²) in [7, 11) is 0. The zero-order chi connectivity index (χ0) is 28.9. The van der Waals surface area contributed by atoms with Crippen molar-refractivity contribution < 1.29 is 0 Å². The van der Waals surface area contributed by atoms with E-state index in [4.69, 9.17) is 0 Å². The topological polar surface area (TPSA) is 3.24 Å². The molecule has 0 spiro atoms. The first-order valence-corrected chi connectivity index (χ1v) is 15.0. The van der Waals surface area contributed by atoms with Crippen LogP contribution in [0.5, 0.6) is 0 Å². The van der Waals surface area contributed by atoms with E-state index in [0.717, 1.165) is 17.1 Å². The van der Waals surface area contributed by atoms with Gasteiger partial charge in [-0.1, -0.05) is 121 Å². The first kappa shape index (κ1) is 25.3. The first-order valence-electron chi connectivity index (χ1n) is 15.0. The Kier molecular flexibility index (Phi) is 5.98. The van der Waals surface area contributed by atoms with Crippen LogP contribution in [-0.2, 0) is 0 Å². The van der Waals surface area contributed by atoms with E-state index in [9.17, 15) is 0 Å². The molecule has 43 heavy (non-hydrogen) atoms. The van der Waals surface area contributed by atoms with Gasteiger partial charge in [-0.2, -0.15) is 0 Å². The molecule has 0 atom stereocenters. The molecule has 0 unspecified atom stereocenters. The second-order valence-corrected chi connectivity index (χ2v) is 11.2. The van der Waals surface area contributed by atoms with E-state index in [-0.39, 0.29) is 0 Å². The second kappa shape index (κ2) is 10.2. The fourth-order valence-corrected chi connectivity index (χ4v) is 6.98. The summed E-state index contributed by atoms with van der Waals surface area (Å²) in [5.41, 5.74) is 18.9. The third kappa shape index (κ3) is 3.93. The molecule has 2 aliphatic rings. The van der Waals surface area contributed by atoms with Crippen molar-refractivity contribution in [2.24, 2.45) is 0 Å². The smallest absolute Gasteiger partial charge is 0.0468 e. The van der Waals surface area contributed by atoms with Gasteiger partial charge >= 0.3 is 0 Å². The molecular weight excluding hydrogens is 518 g/mol. The van der Waals surface area contributed by atoms with Crippen molar-refractivity contribution >= 4 is 11.4 Å². The lowest BCUT2D eigenvalue weighted by Crippen LogP contribution is -2.15. The lowest BCUT2D eigenvalue weighted by molar-refractivity contribution is 1.20. The van der Waals surface area contributed by atoms with Gasteiger partial charge in [0.1, 0.15) is 0 Å². The summed E-state index contributed by atoms with van der Waals surface area (Å²) < 4.78 is 0. The minimum atomic E-state index is 1.13. The Labute approximate surface area is 253 Å². The van der Waals surface area contributed by atoms with Crippen LogP contribution in [0.2, 0.25) is 0 Å². The minimum Gasteiger partial charge on any atom is -0.311 e. The third-order valence-electron chi connectivity index (χ3n) is 8.85. The molecule has 0 radical (unpaired) electrons. The zero-order valence-electron chi connectivity index (χ0n) is 24.4. The first-order chi connectivity index (χ1) is 21.3. The number of hydrogen-bond acceptors (Lipinski definition) is 1. The summed E-state index contributed by atoms with van der Waals surface area (Å²) in [6, 6.07) is 49.0. The normalized spacial score (nSPS) is 12.5. The lowest BCUT2D eigenvalue weighted by Gasteiger charge is -2.28. The predicted octanol–water partition coefficient (Wildman–Crippen LogP) is 11.9. The van der Waals surface area contributed by atoms with Crippen molar-refractivity contribution in [3.63, 3.8) is 0 Å². The summed E-state index contributed by atoms with van der Waals surface area (Å²) in [5, 5.41) is 0. The zero-order valence-corrected chi connectivity index (χ0v) is 24.4. The standard InChI is InChI=1S/C42H31N/c1-3-12-30(4-2)43(31-23-21-29(22-24-31)28-13-6-5-7-14-28)32-25-26-39-40(27-32)38-20-11-19-36-37-18-10-17-35(42(37)39)33-15-8-9-16-34(33)41(36)38/h3-27H,1-2H3/b12-3-,30-4+. The average molecular weight is 550 g/mol. The Bertz CT molecular complexity index is 2050. The Morgan fingerprint density at radius 3 is 1.60 bits per heavy atom. The monoisotopic (exact) mass is 549 g/mol. The molecule has 0 aliphatic heterocycles. The van der Waals surface area contributed by atoms with Crippen LogP contribution in [0, 0.1) is 0 Å². The molecule has 6 bridgehead atoms. The quantitative estimate of drug-likeness (QED) is 0.193. The van der Waals surface area contributed by atoms with E-state index in [1.165, 1.54) is 66.8 Å². The van der Waals surface area contributed by atoms with Crippen molar-refractivity contribution in [1.82, 2.24) is 0 Å². The number of rotatable bonds is 5. The maximum absolute atomic E-state index is 2.40. The van der Waals surface area contributed by atoms with Gasteiger partial charge < -0.3 is 4.90 Å². The van der Waals surface area contributed by atoms with Crippen LogP contribution in [0.15, 0.2) is 157 Å². The number of fused-ring (bicyclic) bond motifs is 4. The van der Waals surface area contributed by atoms with Gasteiger partial charge in [-0.15, -0.1) is 0 Å². The second-order valence-electron chi connectivity index (χ2n) is 11.2. The van der Waals surface area contributed by atoms with Gasteiger partial charge in [0.05, 0.1) is 0 Å². The van der Waals surface area contributed by atoms with E-state index >= 15 is 0 Å². The van der Waals surface area contributed by atoms with Crippen molar-refractivity contribution in [3.8, 4) is 66.8 Å². The predicted molar refractivity (Wildman–Crippen MR) is 183 cm³/mol. The fraction of sp³-hybridized carbons (Fsp3) is 0.0476. The van der Waals surface area contributed by atoms with Crippen LogP contribution in [-0.4, -0.2) is 0 Å². The van der Waals surface area contributed by atoms with E-state index in [2.05, 4.69) is 170 Å². The van der Waals surface area contributed by atoms with Crippen LogP contribution >= 0.6 is 0 Å². The Morgan fingerprint density at radius 2 is 0.953 bits per heavy atom. The van der Waals surface area contributed by atoms with Crippen LogP contribution in [0.4, 0.5) is 11.4 Å². The largest absolute Gasteiger partial charge is 0.311 e. The molecule has 0 fully saturated rings. The number of anilines is 2. The fourth-order valence-electron chi connectivity index (χ4n) is 6.98. The Morgan fingerprint density at radius 1 is 0.442 bits per heavy atom. The molecule has 0 saturated heterocycles. The van der Waals surface area contributed by atoms with E-state index in [1.54, 1.807) is 0 Å². The molecule has 204 valence electrons. The van der Waals surface area contributed by atoms with Crippen LogP contribution < -0.4 is 4.90 Å². The average Bonchev–Trinajstić information content (AvgIpc) is 3.18. The SMILES string of the molecule is C/C=C\C(=C/C)N(c1ccc(-c2ccccc2)cc1)c1ccc2c(c1)-c1cccc3c1-c1ccccc1-c1cccc-3c1-2. The number of allylic oxidation sites excluding steroid dienone is 3. The number of hydrogen-bond donors (Lipinski definition) is 0. The van der Waals surface area contributed by atoms with Crippen molar-refractivity contribution in [3.05, 3.63) is 157 Å². The van der Waals surface area contributed by atoms with Gasteiger partial charge in [0, 0.05) is 17.1 Å². The van der Waals surface area contributed by atoms with Gasteiger partial charge in [-0.05, 0) is 111 Å². The number of nitrogens with zero attached hydrogens (tertiary/aromatic N) is 1. The third-order valence-corrected chi connectivity index (χ3v) is 8.85. The summed E-state index contributed by atoms with van der Waals surface area (Å²) in [6.45, 7) is 4.19. The molecule has 0 N–H and O–H groups in total. The summed E-state index contributed by atoms with van der Waals surface area (Å²) in [6.07, 6.45) is 6.49. The molecule has 0 amide bonds. The lowest BCUT2D eigenvalue weighted by atomic mass is 9.83. The molecule has 6 aromatic rings. The highest BCUT2D eigenvalue weighted by Gasteiger charge is 2.31. The molecule has 6 aromatic carbocycles. The minimum absolute atomic E-state index is 1.13. The molecular formula is C42H31N. The van der Waals surface area contributed by atoms with E-state index < -0.39 is 0 Å². The molecule has 8 rings (SSSR count). The highest BCUT2D eigenvalue weighted by molar-refractivity contribution is 6.15. The molecule has 0 saturated carbocycles.